The molecule has 10 atom stereocenters. The third kappa shape index (κ3) is 28.0. The fraction of sp³-hybridized carbons (Fsp3) is 0.711. The molecule has 0 aliphatic carbocycles. The first-order valence-electron chi connectivity index (χ1n) is 37.8. The second-order valence-corrected chi connectivity index (χ2v) is 28.4. The maximum atomic E-state index is 15.2. The standard InChI is InChI=1S/C76H124N12O10/c1-7-9-11-13-15-17-19-21-23-31-41-57-69(91)83-61(51-55-37-27-25-28-38-55)75(97)87-49-35-45-63(87)71(93)86-66(54(5)6)74(96)82-60(44-34-48-78)68(90)80-58(42-32-24-22-20-18-16-14-12-10-8-2)70(92)84-62(52-56-39-29-26-30-40-56)76(98)88-50-36-46-64(88)72(94)85-65(53(3)4)73(95)81-59(43-33-47-77)67(89)79-57/h25-30,37-40,53-54,57-66H,7-24,31-36,41-52,77-78H2,1-6H3,(H,79,89)(H,80,90)(H,81,95)(H,82,96)(H,83,91)(H,84,92)(H,85,94)(H,86,93)/t57-,58-,59-,60-,61+,62+,63-,64-,65-,66-/m0/s1. The van der Waals surface area contributed by atoms with Crippen molar-refractivity contribution in [3.63, 3.8) is 0 Å². The molecule has 0 radical (unpaired) electrons. The molecule has 22 nitrogen and oxygen atoms in total. The van der Waals surface area contributed by atoms with Crippen LogP contribution >= 0.6 is 0 Å². The molecule has 22 heteroatoms. The third-order valence-corrected chi connectivity index (χ3v) is 19.6. The van der Waals surface area contributed by atoms with Crippen LogP contribution in [0.3, 0.4) is 0 Å². The minimum Gasteiger partial charge on any atom is -0.343 e. The SMILES string of the molecule is CCCCCCCCCCCC[C@@H]1NC(=O)[C@H](CCCN)NC(=O)[C@H](C(C)C)NC(=O)[C@@H]2CCCN2C(=O)[C@@H](Cc2ccccc2)NC(=O)[C@H](CCCCCCCCCCCC)NC(=O)[C@H](CCCN)NC(=O)[C@H](C(C)C)NC(=O)[C@@H]2CCCN2C(=O)[C@@H](Cc2ccccc2)NC1=O. The van der Waals surface area contributed by atoms with Crippen LogP contribution < -0.4 is 54.0 Å². The summed E-state index contributed by atoms with van der Waals surface area (Å²) >= 11 is 0. The van der Waals surface area contributed by atoms with E-state index >= 15 is 19.2 Å². The zero-order chi connectivity index (χ0) is 71.2. The molecule has 3 heterocycles. The van der Waals surface area contributed by atoms with Gasteiger partial charge in [0.15, 0.2) is 0 Å². The first-order chi connectivity index (χ1) is 47.3. The van der Waals surface area contributed by atoms with Crippen LogP contribution in [0, 0.1) is 11.8 Å². The number of hydrogen-bond donors (Lipinski definition) is 10. The Balaban J connectivity index is 1.56. The van der Waals surface area contributed by atoms with Crippen LogP contribution in [0.4, 0.5) is 0 Å². The van der Waals surface area contributed by atoms with Gasteiger partial charge in [-0.1, -0.05) is 231 Å². The van der Waals surface area contributed by atoms with Crippen molar-refractivity contribution in [1.82, 2.24) is 52.3 Å². The first-order valence-corrected chi connectivity index (χ1v) is 37.8. The Morgan fingerprint density at radius 2 is 0.622 bits per heavy atom. The molecule has 2 aromatic rings. The summed E-state index contributed by atoms with van der Waals surface area (Å²) in [5.74, 6) is -7.19. The van der Waals surface area contributed by atoms with Gasteiger partial charge in [-0.15, -0.1) is 0 Å². The monoisotopic (exact) mass is 1360 g/mol. The van der Waals surface area contributed by atoms with Crippen LogP contribution in [-0.2, 0) is 60.8 Å². The van der Waals surface area contributed by atoms with Gasteiger partial charge in [-0.05, 0) is 100 Å². The highest BCUT2D eigenvalue weighted by Gasteiger charge is 2.43. The minimum atomic E-state index is -1.21. The highest BCUT2D eigenvalue weighted by Crippen LogP contribution is 2.24. The summed E-state index contributed by atoms with van der Waals surface area (Å²) < 4.78 is 0. The fourth-order valence-corrected chi connectivity index (χ4v) is 13.7. The number of carbonyl (C=O) groups excluding carboxylic acids is 10. The zero-order valence-corrected chi connectivity index (χ0v) is 60.3. The summed E-state index contributed by atoms with van der Waals surface area (Å²) in [6.45, 7) is 12.1. The lowest BCUT2D eigenvalue weighted by Crippen LogP contribution is -2.62. The van der Waals surface area contributed by atoms with Crippen molar-refractivity contribution in [2.45, 2.75) is 307 Å². The molecular weight excluding hydrogens is 1240 g/mol. The number of fused-ring (bicyclic) bond motifs is 2. The van der Waals surface area contributed by atoms with E-state index in [1.807, 2.05) is 60.7 Å². The van der Waals surface area contributed by atoms with Crippen molar-refractivity contribution in [1.29, 1.82) is 0 Å². The van der Waals surface area contributed by atoms with Gasteiger partial charge in [0.25, 0.3) is 0 Å². The topological polar surface area (TPSA) is 325 Å². The molecule has 3 saturated heterocycles. The van der Waals surface area contributed by atoms with Crippen LogP contribution in [0.15, 0.2) is 60.7 Å². The van der Waals surface area contributed by atoms with Gasteiger partial charge in [0.05, 0.1) is 0 Å². The van der Waals surface area contributed by atoms with E-state index in [-0.39, 0.29) is 77.5 Å². The molecule has 0 unspecified atom stereocenters. The number of carbonyl (C=O) groups is 10. The summed E-state index contributed by atoms with van der Waals surface area (Å²) in [6, 6.07) is 6.66. The molecule has 10 amide bonds. The van der Waals surface area contributed by atoms with E-state index in [0.717, 1.165) is 75.3 Å². The number of nitrogens with one attached hydrogen (secondary N) is 8. The van der Waals surface area contributed by atoms with Gasteiger partial charge in [-0.3, -0.25) is 47.9 Å². The Bertz CT molecular complexity index is 2570. The lowest BCUT2D eigenvalue weighted by molar-refractivity contribution is -0.143. The number of amides is 10. The molecule has 0 saturated carbocycles. The Morgan fingerprint density at radius 3 is 0.918 bits per heavy atom. The number of nitrogens with two attached hydrogens (primary N) is 2. The van der Waals surface area contributed by atoms with Crippen LogP contribution in [-0.4, -0.2) is 155 Å². The van der Waals surface area contributed by atoms with Crippen LogP contribution in [0.5, 0.6) is 0 Å². The van der Waals surface area contributed by atoms with Crippen LogP contribution in [0.25, 0.3) is 0 Å². The van der Waals surface area contributed by atoms with Gasteiger partial charge in [-0.2, -0.15) is 0 Å². The number of unbranched alkanes of at least 4 members (excludes halogenated alkanes) is 18. The fourth-order valence-electron chi connectivity index (χ4n) is 13.7. The van der Waals surface area contributed by atoms with Crippen LogP contribution in [0.2, 0.25) is 0 Å². The summed E-state index contributed by atoms with van der Waals surface area (Å²) in [6.07, 6.45) is 23.3. The van der Waals surface area contributed by atoms with Crippen molar-refractivity contribution in [3.8, 4) is 0 Å². The maximum absolute atomic E-state index is 15.2. The average molecular weight is 1370 g/mol. The van der Waals surface area contributed by atoms with E-state index < -0.39 is 131 Å². The Hall–Kier alpha value is -6.94. The molecular formula is C76H124N12O10. The predicted octanol–water partition coefficient (Wildman–Crippen LogP) is 7.76. The molecule has 0 spiro atoms. The maximum Gasteiger partial charge on any atom is 0.246 e. The highest BCUT2D eigenvalue weighted by molar-refractivity contribution is 6.00. The van der Waals surface area contributed by atoms with Crippen molar-refractivity contribution >= 4 is 59.1 Å². The van der Waals surface area contributed by atoms with Crippen molar-refractivity contribution in [2.75, 3.05) is 26.2 Å². The second kappa shape index (κ2) is 45.7. The summed E-state index contributed by atoms with van der Waals surface area (Å²) in [4.78, 5) is 152. The molecule has 0 bridgehead atoms. The van der Waals surface area contributed by atoms with Gasteiger partial charge >= 0.3 is 0 Å². The number of benzene rings is 2. The van der Waals surface area contributed by atoms with Crippen molar-refractivity contribution in [3.05, 3.63) is 71.8 Å². The molecule has 98 heavy (non-hydrogen) atoms. The summed E-state index contributed by atoms with van der Waals surface area (Å²) in [7, 11) is 0. The highest BCUT2D eigenvalue weighted by atomic mass is 16.2. The van der Waals surface area contributed by atoms with E-state index in [0.29, 0.717) is 38.5 Å². The first kappa shape index (κ1) is 81.7. The normalized spacial score (nSPS) is 24.1. The lowest BCUT2D eigenvalue weighted by Gasteiger charge is -2.32. The molecule has 5 rings (SSSR count). The smallest absolute Gasteiger partial charge is 0.246 e. The summed E-state index contributed by atoms with van der Waals surface area (Å²) in [5.41, 5.74) is 13.5. The Kier molecular flexibility index (Phi) is 38.1. The van der Waals surface area contributed by atoms with Crippen molar-refractivity contribution < 1.29 is 47.9 Å². The predicted molar refractivity (Wildman–Crippen MR) is 384 cm³/mol. The largest absolute Gasteiger partial charge is 0.343 e. The molecule has 0 aromatic heterocycles. The van der Waals surface area contributed by atoms with Gasteiger partial charge in [0, 0.05) is 25.9 Å². The van der Waals surface area contributed by atoms with Gasteiger partial charge in [0.1, 0.15) is 60.4 Å². The average Bonchev–Trinajstić information content (AvgIpc) is 1.60. The van der Waals surface area contributed by atoms with E-state index in [4.69, 9.17) is 11.5 Å². The third-order valence-electron chi connectivity index (χ3n) is 19.6. The summed E-state index contributed by atoms with van der Waals surface area (Å²) in [5, 5.41) is 23.6. The molecule has 2 aromatic carbocycles. The quantitative estimate of drug-likeness (QED) is 0.0301. The molecule has 3 fully saturated rings. The second-order valence-electron chi connectivity index (χ2n) is 28.4. The Morgan fingerprint density at radius 1 is 0.347 bits per heavy atom. The minimum absolute atomic E-state index is 0.0404. The van der Waals surface area contributed by atoms with Gasteiger partial charge < -0.3 is 63.8 Å². The van der Waals surface area contributed by atoms with Crippen LogP contribution in [0.1, 0.15) is 245 Å². The Labute approximate surface area is 585 Å². The van der Waals surface area contributed by atoms with Crippen molar-refractivity contribution in [2.24, 2.45) is 23.3 Å². The van der Waals surface area contributed by atoms with Gasteiger partial charge in [0.2, 0.25) is 59.1 Å². The van der Waals surface area contributed by atoms with E-state index in [1.165, 1.54) is 61.2 Å². The zero-order valence-electron chi connectivity index (χ0n) is 60.3. The lowest BCUT2D eigenvalue weighted by atomic mass is 9.99. The number of hydrogen-bond acceptors (Lipinski definition) is 12. The molecule has 12 N–H and O–H groups in total. The van der Waals surface area contributed by atoms with Gasteiger partial charge in [-0.25, -0.2) is 0 Å². The molecule has 3 aliphatic heterocycles. The number of nitrogens with zero attached hydrogens (tertiary/aromatic N) is 2. The van der Waals surface area contributed by atoms with E-state index in [9.17, 15) is 28.8 Å². The van der Waals surface area contributed by atoms with E-state index in [2.05, 4.69) is 56.4 Å². The molecule has 3 aliphatic rings. The van der Waals surface area contributed by atoms with E-state index in [1.54, 1.807) is 27.7 Å². The number of rotatable bonds is 34. The molecule has 548 valence electrons.